The minimum atomic E-state index is 0.730. The van der Waals surface area contributed by atoms with Gasteiger partial charge in [0.15, 0.2) is 0 Å². The molecule has 0 N–H and O–H groups in total. The third-order valence-electron chi connectivity index (χ3n) is 2.23. The Kier molecular flexibility index (Phi) is 4.04. The number of hydrogen-bond acceptors (Lipinski definition) is 1. The van der Waals surface area contributed by atoms with Gasteiger partial charge in [-0.25, -0.2) is 0 Å². The van der Waals surface area contributed by atoms with Crippen molar-refractivity contribution in [1.29, 1.82) is 0 Å². The van der Waals surface area contributed by atoms with E-state index in [9.17, 15) is 4.79 Å². The van der Waals surface area contributed by atoms with Gasteiger partial charge in [0.25, 0.3) is 0 Å². The molecule has 0 saturated heterocycles. The lowest BCUT2D eigenvalue weighted by molar-refractivity contribution is 0.112. The first-order valence-electron chi connectivity index (χ1n) is 5.07. The fourth-order valence-corrected chi connectivity index (χ4v) is 1.59. The van der Waals surface area contributed by atoms with E-state index < -0.39 is 0 Å². The Labute approximate surface area is 91.1 Å². The van der Waals surface area contributed by atoms with Gasteiger partial charge in [-0.2, -0.15) is 0 Å². The van der Waals surface area contributed by atoms with Crippen LogP contribution >= 0.6 is 0 Å². The van der Waals surface area contributed by atoms with Crippen LogP contribution in [-0.2, 0) is 0 Å². The predicted molar refractivity (Wildman–Crippen MR) is 65.0 cm³/mol. The van der Waals surface area contributed by atoms with E-state index in [2.05, 4.69) is 6.07 Å². The first-order chi connectivity index (χ1) is 7.21. The molecule has 1 aromatic rings. The van der Waals surface area contributed by atoms with Gasteiger partial charge in [0.05, 0.1) is 0 Å². The fraction of sp³-hybridized carbons (Fsp3) is 0.214. The van der Waals surface area contributed by atoms with E-state index >= 15 is 0 Å². The highest BCUT2D eigenvalue weighted by Gasteiger charge is 2.00. The molecule has 0 heterocycles. The van der Waals surface area contributed by atoms with Crippen LogP contribution in [0.25, 0.3) is 5.57 Å². The molecule has 0 aliphatic rings. The van der Waals surface area contributed by atoms with Crippen LogP contribution in [0, 0.1) is 6.92 Å². The number of carbonyl (C=O) groups excluding carboxylic acids is 1. The summed E-state index contributed by atoms with van der Waals surface area (Å²) in [5.74, 6) is 0. The zero-order chi connectivity index (χ0) is 11.3. The molecule has 0 amide bonds. The lowest BCUT2D eigenvalue weighted by Gasteiger charge is -2.04. The Morgan fingerprint density at radius 1 is 1.20 bits per heavy atom. The second-order valence-corrected chi connectivity index (χ2v) is 3.49. The molecule has 1 aromatic carbocycles. The van der Waals surface area contributed by atoms with Crippen molar-refractivity contribution in [3.63, 3.8) is 0 Å². The summed E-state index contributed by atoms with van der Waals surface area (Å²) in [5.41, 5.74) is 4.08. The van der Waals surface area contributed by atoms with Crippen molar-refractivity contribution in [3.8, 4) is 0 Å². The van der Waals surface area contributed by atoms with E-state index in [1.165, 1.54) is 0 Å². The van der Waals surface area contributed by atoms with Crippen LogP contribution in [0.5, 0.6) is 0 Å². The summed E-state index contributed by atoms with van der Waals surface area (Å²) >= 11 is 0. The minimum Gasteiger partial charge on any atom is -0.298 e. The highest BCUT2D eigenvalue weighted by Crippen LogP contribution is 2.18. The van der Waals surface area contributed by atoms with Crippen molar-refractivity contribution in [2.75, 3.05) is 0 Å². The molecule has 0 saturated carbocycles. The van der Waals surface area contributed by atoms with Crippen molar-refractivity contribution < 1.29 is 4.79 Å². The molecule has 0 spiro atoms. The van der Waals surface area contributed by atoms with E-state index in [1.54, 1.807) is 0 Å². The number of hydrogen-bond donors (Lipinski definition) is 0. The van der Waals surface area contributed by atoms with Gasteiger partial charge in [-0.05, 0) is 49.6 Å². The Morgan fingerprint density at radius 3 is 2.47 bits per heavy atom. The van der Waals surface area contributed by atoms with Crippen molar-refractivity contribution >= 4 is 11.9 Å². The summed E-state index contributed by atoms with van der Waals surface area (Å²) in [4.78, 5) is 10.7. The molecule has 78 valence electrons. The number of benzene rings is 1. The van der Waals surface area contributed by atoms with Crippen LogP contribution in [-0.4, -0.2) is 6.29 Å². The lowest BCUT2D eigenvalue weighted by Crippen LogP contribution is -1.88. The average Bonchev–Trinajstić information content (AvgIpc) is 2.24. The Bertz CT molecular complexity index is 411. The summed E-state index contributed by atoms with van der Waals surface area (Å²) in [6.45, 7) is 5.98. The van der Waals surface area contributed by atoms with Crippen LogP contribution in [0.1, 0.15) is 35.3 Å². The molecule has 1 heteroatoms. The lowest BCUT2D eigenvalue weighted by atomic mass is 10.0. The summed E-state index contributed by atoms with van der Waals surface area (Å²) in [6.07, 6.45) is 6.98. The third-order valence-corrected chi connectivity index (χ3v) is 2.23. The van der Waals surface area contributed by atoms with Gasteiger partial charge in [0.2, 0.25) is 0 Å². The van der Waals surface area contributed by atoms with Crippen molar-refractivity contribution in [2.24, 2.45) is 0 Å². The average molecular weight is 200 g/mol. The molecule has 0 aromatic heterocycles. The SMILES string of the molecule is CC=CC(=CC)c1cc(C)cc(C=O)c1. The highest BCUT2D eigenvalue weighted by molar-refractivity contribution is 5.81. The second-order valence-electron chi connectivity index (χ2n) is 3.49. The molecular weight excluding hydrogens is 184 g/mol. The van der Waals surface area contributed by atoms with E-state index in [0.717, 1.165) is 28.5 Å². The maximum absolute atomic E-state index is 10.7. The summed E-state index contributed by atoms with van der Waals surface area (Å²) in [7, 11) is 0. The molecule has 15 heavy (non-hydrogen) atoms. The Morgan fingerprint density at radius 2 is 1.93 bits per heavy atom. The van der Waals surface area contributed by atoms with Crippen LogP contribution in [0.3, 0.4) is 0 Å². The summed E-state index contributed by atoms with van der Waals surface area (Å²) in [5, 5.41) is 0. The zero-order valence-corrected chi connectivity index (χ0v) is 9.45. The van der Waals surface area contributed by atoms with Crippen molar-refractivity contribution in [1.82, 2.24) is 0 Å². The standard InChI is InChI=1S/C14H16O/c1-4-6-13(5-2)14-8-11(3)7-12(9-14)10-15/h4-10H,1-3H3. The van der Waals surface area contributed by atoms with E-state index in [0.29, 0.717) is 0 Å². The van der Waals surface area contributed by atoms with Crippen LogP contribution in [0.2, 0.25) is 0 Å². The van der Waals surface area contributed by atoms with Gasteiger partial charge in [0, 0.05) is 5.56 Å². The van der Waals surface area contributed by atoms with E-state index in [1.807, 2.05) is 51.1 Å². The van der Waals surface area contributed by atoms with Crippen LogP contribution < -0.4 is 0 Å². The Balaban J connectivity index is 3.24. The third kappa shape index (κ3) is 2.91. The predicted octanol–water partition coefficient (Wildman–Crippen LogP) is 3.79. The van der Waals surface area contributed by atoms with E-state index in [-0.39, 0.29) is 0 Å². The monoisotopic (exact) mass is 200 g/mol. The van der Waals surface area contributed by atoms with Crippen molar-refractivity contribution in [2.45, 2.75) is 20.8 Å². The second kappa shape index (κ2) is 5.30. The first kappa shape index (κ1) is 11.4. The maximum Gasteiger partial charge on any atom is 0.150 e. The topological polar surface area (TPSA) is 17.1 Å². The zero-order valence-electron chi connectivity index (χ0n) is 9.45. The van der Waals surface area contributed by atoms with Crippen LogP contribution in [0.4, 0.5) is 0 Å². The van der Waals surface area contributed by atoms with Gasteiger partial charge >= 0.3 is 0 Å². The number of carbonyl (C=O) groups is 1. The molecule has 0 aliphatic carbocycles. The minimum absolute atomic E-state index is 0.730. The van der Waals surface area contributed by atoms with Crippen molar-refractivity contribution in [3.05, 3.63) is 53.1 Å². The first-order valence-corrected chi connectivity index (χ1v) is 5.07. The molecule has 1 nitrogen and oxygen atoms in total. The van der Waals surface area contributed by atoms with Gasteiger partial charge in [-0.15, -0.1) is 0 Å². The van der Waals surface area contributed by atoms with Gasteiger partial charge < -0.3 is 0 Å². The fourth-order valence-electron chi connectivity index (χ4n) is 1.59. The van der Waals surface area contributed by atoms with Gasteiger partial charge in [0.1, 0.15) is 6.29 Å². The molecule has 1 rings (SSSR count). The molecule has 0 unspecified atom stereocenters. The van der Waals surface area contributed by atoms with Crippen LogP contribution in [0.15, 0.2) is 36.4 Å². The van der Waals surface area contributed by atoms with Gasteiger partial charge in [-0.3, -0.25) is 4.79 Å². The molecule has 0 radical (unpaired) electrons. The summed E-state index contributed by atoms with van der Waals surface area (Å²) < 4.78 is 0. The molecule has 0 atom stereocenters. The van der Waals surface area contributed by atoms with E-state index in [4.69, 9.17) is 0 Å². The number of aryl methyl sites for hydroxylation is 1. The normalized spacial score (nSPS) is 12.1. The number of allylic oxidation sites excluding steroid dienone is 4. The summed E-state index contributed by atoms with van der Waals surface area (Å²) in [6, 6.07) is 5.89. The largest absolute Gasteiger partial charge is 0.298 e. The maximum atomic E-state index is 10.7. The molecular formula is C14H16O. The Hall–Kier alpha value is -1.63. The molecule has 0 bridgehead atoms. The molecule has 0 aliphatic heterocycles. The quantitative estimate of drug-likeness (QED) is 0.536. The highest BCUT2D eigenvalue weighted by atomic mass is 16.1. The smallest absolute Gasteiger partial charge is 0.150 e. The van der Waals surface area contributed by atoms with Gasteiger partial charge in [-0.1, -0.05) is 24.3 Å². The number of rotatable bonds is 3. The number of aldehydes is 1. The molecule has 0 fully saturated rings.